The Morgan fingerprint density at radius 1 is 1.75 bits per heavy atom. The summed E-state index contributed by atoms with van der Waals surface area (Å²) in [6.45, 7) is 2.77. The minimum absolute atomic E-state index is 0.272. The molecule has 1 aromatic rings. The van der Waals surface area contributed by atoms with Crippen LogP contribution in [0.15, 0.2) is 22.8 Å². The number of ether oxygens (including phenoxy) is 1. The van der Waals surface area contributed by atoms with Crippen LogP contribution in [0.3, 0.4) is 0 Å². The maximum Gasteiger partial charge on any atom is 0.394 e. The molecule has 12 heavy (non-hydrogen) atoms. The van der Waals surface area contributed by atoms with Gasteiger partial charge in [0.05, 0.1) is 5.69 Å². The summed E-state index contributed by atoms with van der Waals surface area (Å²) >= 11 is 0. The number of allylic oxidation sites excluding steroid dienone is 1. The molecule has 0 fully saturated rings. The summed E-state index contributed by atoms with van der Waals surface area (Å²) in [7, 11) is 0. The van der Waals surface area contributed by atoms with Crippen LogP contribution in [0, 0.1) is 0 Å². The molecule has 0 saturated carbocycles. The zero-order valence-corrected chi connectivity index (χ0v) is 6.99. The first-order valence-electron chi connectivity index (χ1n) is 3.75. The van der Waals surface area contributed by atoms with Crippen LogP contribution in [0.1, 0.15) is 12.6 Å². The van der Waals surface area contributed by atoms with Crippen molar-refractivity contribution in [2.45, 2.75) is 13.5 Å². The van der Waals surface area contributed by atoms with Crippen molar-refractivity contribution in [2.75, 3.05) is 6.61 Å². The van der Waals surface area contributed by atoms with Gasteiger partial charge in [0.2, 0.25) is 0 Å². The molecule has 66 valence electrons. The van der Waals surface area contributed by atoms with E-state index in [-0.39, 0.29) is 6.08 Å². The number of oxazole rings is 1. The molecule has 0 spiro atoms. The average molecular weight is 168 g/mol. The second-order valence-electron chi connectivity index (χ2n) is 2.19. The van der Waals surface area contributed by atoms with Crippen LogP contribution in [0.5, 0.6) is 6.08 Å². The summed E-state index contributed by atoms with van der Waals surface area (Å²) in [4.78, 5) is 3.95. The van der Waals surface area contributed by atoms with Crippen LogP contribution < -0.4 is 10.5 Å². The number of hydrogen-bond acceptors (Lipinski definition) is 4. The molecular weight excluding hydrogens is 156 g/mol. The Hall–Kier alpha value is -1.29. The van der Waals surface area contributed by atoms with Crippen LogP contribution in [-0.2, 0) is 6.54 Å². The summed E-state index contributed by atoms with van der Waals surface area (Å²) in [5, 5.41) is 0. The topological polar surface area (TPSA) is 61.3 Å². The van der Waals surface area contributed by atoms with Gasteiger partial charge in [-0.05, 0) is 6.92 Å². The third kappa shape index (κ3) is 2.39. The van der Waals surface area contributed by atoms with E-state index >= 15 is 0 Å². The van der Waals surface area contributed by atoms with Crippen molar-refractivity contribution in [3.63, 3.8) is 0 Å². The van der Waals surface area contributed by atoms with E-state index in [4.69, 9.17) is 14.9 Å². The summed E-state index contributed by atoms with van der Waals surface area (Å²) < 4.78 is 10.1. The van der Waals surface area contributed by atoms with Gasteiger partial charge in [0.1, 0.15) is 12.9 Å². The first-order chi connectivity index (χ1) is 5.86. The molecule has 1 rings (SSSR count). The molecule has 0 radical (unpaired) electrons. The van der Waals surface area contributed by atoms with Gasteiger partial charge in [-0.3, -0.25) is 0 Å². The molecule has 0 bridgehead atoms. The van der Waals surface area contributed by atoms with Crippen LogP contribution in [0.2, 0.25) is 0 Å². The second-order valence-corrected chi connectivity index (χ2v) is 2.19. The van der Waals surface area contributed by atoms with Crippen molar-refractivity contribution >= 4 is 0 Å². The highest BCUT2D eigenvalue weighted by Gasteiger charge is 2.00. The zero-order chi connectivity index (χ0) is 8.81. The molecule has 4 nitrogen and oxygen atoms in total. The van der Waals surface area contributed by atoms with Crippen molar-refractivity contribution in [2.24, 2.45) is 5.73 Å². The lowest BCUT2D eigenvalue weighted by molar-refractivity contribution is 0.258. The largest absolute Gasteiger partial charge is 0.446 e. The van der Waals surface area contributed by atoms with E-state index in [1.165, 1.54) is 6.26 Å². The first kappa shape index (κ1) is 8.80. The summed E-state index contributed by atoms with van der Waals surface area (Å²) in [5.41, 5.74) is 6.03. The van der Waals surface area contributed by atoms with Gasteiger partial charge in [0.25, 0.3) is 0 Å². The lowest BCUT2D eigenvalue weighted by atomic mass is 10.5. The fourth-order valence-electron chi connectivity index (χ4n) is 0.664. The van der Waals surface area contributed by atoms with Crippen LogP contribution in [0.4, 0.5) is 0 Å². The SMILES string of the molecule is C/C=C/COc1nc(CN)co1. The maximum absolute atomic E-state index is 5.33. The predicted molar refractivity (Wildman–Crippen MR) is 44.7 cm³/mol. The molecule has 2 N–H and O–H groups in total. The number of nitrogens with zero attached hydrogens (tertiary/aromatic N) is 1. The highest BCUT2D eigenvalue weighted by Crippen LogP contribution is 2.08. The zero-order valence-electron chi connectivity index (χ0n) is 6.99. The van der Waals surface area contributed by atoms with E-state index in [9.17, 15) is 0 Å². The highest BCUT2D eigenvalue weighted by molar-refractivity contribution is 4.99. The molecule has 0 saturated heterocycles. The van der Waals surface area contributed by atoms with Crippen molar-refractivity contribution < 1.29 is 9.15 Å². The molecule has 4 heteroatoms. The lowest BCUT2D eigenvalue weighted by Gasteiger charge is -1.93. The van der Waals surface area contributed by atoms with Gasteiger partial charge in [0.15, 0.2) is 0 Å². The van der Waals surface area contributed by atoms with Crippen LogP contribution >= 0.6 is 0 Å². The van der Waals surface area contributed by atoms with Crippen LogP contribution in [-0.4, -0.2) is 11.6 Å². The minimum atomic E-state index is 0.272. The van der Waals surface area contributed by atoms with Gasteiger partial charge in [-0.1, -0.05) is 12.2 Å². The Balaban J connectivity index is 2.41. The number of hydrogen-bond donors (Lipinski definition) is 1. The van der Waals surface area contributed by atoms with Crippen molar-refractivity contribution in [3.8, 4) is 6.08 Å². The van der Waals surface area contributed by atoms with Crippen molar-refractivity contribution in [3.05, 3.63) is 24.1 Å². The Morgan fingerprint density at radius 2 is 2.58 bits per heavy atom. The van der Waals surface area contributed by atoms with E-state index in [0.717, 1.165) is 0 Å². The molecule has 0 unspecified atom stereocenters. The Kier molecular flexibility index (Phi) is 3.35. The quantitative estimate of drug-likeness (QED) is 0.683. The lowest BCUT2D eigenvalue weighted by Crippen LogP contribution is -1.97. The molecule has 1 heterocycles. The minimum Gasteiger partial charge on any atom is -0.446 e. The first-order valence-corrected chi connectivity index (χ1v) is 3.75. The van der Waals surface area contributed by atoms with Gasteiger partial charge in [-0.25, -0.2) is 0 Å². The van der Waals surface area contributed by atoms with Gasteiger partial charge in [0, 0.05) is 6.54 Å². The summed E-state index contributed by atoms with van der Waals surface area (Å²) in [6, 6.07) is 0. The van der Waals surface area contributed by atoms with E-state index in [1.807, 2.05) is 19.1 Å². The van der Waals surface area contributed by atoms with Crippen molar-refractivity contribution in [1.29, 1.82) is 0 Å². The monoisotopic (exact) mass is 168 g/mol. The molecule has 0 aromatic carbocycles. The Labute approximate surface area is 71.0 Å². The maximum atomic E-state index is 5.33. The van der Waals surface area contributed by atoms with E-state index in [2.05, 4.69) is 4.98 Å². The molecule has 0 atom stereocenters. The Bertz CT molecular complexity index is 255. The Morgan fingerprint density at radius 3 is 3.17 bits per heavy atom. The summed E-state index contributed by atoms with van der Waals surface area (Å²) in [5.74, 6) is 0. The third-order valence-corrected chi connectivity index (χ3v) is 1.28. The van der Waals surface area contributed by atoms with E-state index in [0.29, 0.717) is 18.8 Å². The fourth-order valence-corrected chi connectivity index (χ4v) is 0.664. The predicted octanol–water partition coefficient (Wildman–Crippen LogP) is 1.09. The second kappa shape index (κ2) is 4.56. The molecular formula is C8H12N2O2. The molecule has 0 aliphatic carbocycles. The van der Waals surface area contributed by atoms with Gasteiger partial charge >= 0.3 is 6.08 Å². The normalized spacial score (nSPS) is 10.8. The fraction of sp³-hybridized carbons (Fsp3) is 0.375. The molecule has 0 amide bonds. The van der Waals surface area contributed by atoms with E-state index in [1.54, 1.807) is 0 Å². The molecule has 1 aromatic heterocycles. The van der Waals surface area contributed by atoms with Gasteiger partial charge in [-0.15, -0.1) is 0 Å². The number of aromatic nitrogens is 1. The number of rotatable bonds is 4. The van der Waals surface area contributed by atoms with Crippen molar-refractivity contribution in [1.82, 2.24) is 4.98 Å². The molecule has 0 aliphatic rings. The standard InChI is InChI=1S/C8H12N2O2/c1-2-3-4-11-8-10-7(5-9)6-12-8/h2-3,6H,4-5,9H2,1H3/b3-2+. The van der Waals surface area contributed by atoms with Gasteiger partial charge < -0.3 is 14.9 Å². The average Bonchev–Trinajstić information content (AvgIpc) is 2.53. The highest BCUT2D eigenvalue weighted by atomic mass is 16.6. The van der Waals surface area contributed by atoms with E-state index < -0.39 is 0 Å². The van der Waals surface area contributed by atoms with Crippen LogP contribution in [0.25, 0.3) is 0 Å². The number of nitrogens with two attached hydrogens (primary N) is 1. The smallest absolute Gasteiger partial charge is 0.394 e. The summed E-state index contributed by atoms with van der Waals surface area (Å²) in [6.07, 6.45) is 5.53. The molecule has 0 aliphatic heterocycles. The van der Waals surface area contributed by atoms with Gasteiger partial charge in [-0.2, -0.15) is 4.98 Å². The third-order valence-electron chi connectivity index (χ3n) is 1.28.